The van der Waals surface area contributed by atoms with Crippen molar-refractivity contribution in [1.29, 1.82) is 0 Å². The summed E-state index contributed by atoms with van der Waals surface area (Å²) in [5.74, 6) is 1.10. The molecule has 34 heavy (non-hydrogen) atoms. The van der Waals surface area contributed by atoms with Crippen LogP contribution in [-0.4, -0.2) is 50.1 Å². The van der Waals surface area contributed by atoms with E-state index in [1.54, 1.807) is 36.9 Å². The molecule has 0 fully saturated rings. The first-order valence-electron chi connectivity index (χ1n) is 10.2. The van der Waals surface area contributed by atoms with Gasteiger partial charge in [-0.15, -0.1) is 10.2 Å². The Kier molecular flexibility index (Phi) is 5.99. The first kappa shape index (κ1) is 22.1. The van der Waals surface area contributed by atoms with E-state index >= 15 is 0 Å². The highest BCUT2D eigenvalue weighted by Crippen LogP contribution is 2.29. The maximum absolute atomic E-state index is 12.6. The molecular formula is C23H19ClN6O3S. The molecule has 0 spiro atoms. The summed E-state index contributed by atoms with van der Waals surface area (Å²) >= 11 is 7.28. The van der Waals surface area contributed by atoms with Crippen molar-refractivity contribution in [3.8, 4) is 22.8 Å². The zero-order chi connectivity index (χ0) is 23.7. The summed E-state index contributed by atoms with van der Waals surface area (Å²) in [5.41, 5.74) is 3.73. The van der Waals surface area contributed by atoms with Crippen molar-refractivity contribution in [3.63, 3.8) is 0 Å². The SMILES string of the molecule is COc1ccc(OC)c(NC(=O)CSc2nnc3c4cc(-c5ccc(Cl)cc5)nn4ccn23)c1. The fourth-order valence-electron chi connectivity index (χ4n) is 3.48. The Bertz CT molecular complexity index is 1500. The van der Waals surface area contributed by atoms with Crippen LogP contribution in [0.4, 0.5) is 5.69 Å². The minimum absolute atomic E-state index is 0.141. The third-order valence-electron chi connectivity index (χ3n) is 5.14. The lowest BCUT2D eigenvalue weighted by atomic mass is 10.1. The molecule has 11 heteroatoms. The number of halogens is 1. The highest BCUT2D eigenvalue weighted by atomic mass is 35.5. The quantitative estimate of drug-likeness (QED) is 0.334. The lowest BCUT2D eigenvalue weighted by Crippen LogP contribution is -2.15. The van der Waals surface area contributed by atoms with Gasteiger partial charge in [0.25, 0.3) is 0 Å². The van der Waals surface area contributed by atoms with Crippen LogP contribution in [-0.2, 0) is 4.79 Å². The molecule has 0 unspecified atom stereocenters. The van der Waals surface area contributed by atoms with E-state index in [2.05, 4.69) is 20.6 Å². The number of carbonyl (C=O) groups excluding carboxylic acids is 1. The van der Waals surface area contributed by atoms with E-state index in [4.69, 9.17) is 21.1 Å². The van der Waals surface area contributed by atoms with Gasteiger partial charge in [-0.25, -0.2) is 4.52 Å². The van der Waals surface area contributed by atoms with E-state index in [0.29, 0.717) is 33.0 Å². The second-order valence-corrected chi connectivity index (χ2v) is 8.62. The number of hydrogen-bond donors (Lipinski definition) is 1. The zero-order valence-corrected chi connectivity index (χ0v) is 19.8. The number of nitrogens with zero attached hydrogens (tertiary/aromatic N) is 5. The predicted octanol–water partition coefficient (Wildman–Crippen LogP) is 4.45. The molecule has 5 aromatic rings. The standard InChI is InChI=1S/C23H19ClN6O3S/c1-32-16-7-8-20(33-2)18(11-16)25-21(31)13-34-23-27-26-22-19-12-17(14-3-5-15(24)6-4-14)28-30(19)10-9-29(22)23/h3-12H,13H2,1-2H3,(H,25,31). The summed E-state index contributed by atoms with van der Waals surface area (Å²) in [4.78, 5) is 12.6. The van der Waals surface area contributed by atoms with Crippen LogP contribution < -0.4 is 14.8 Å². The second kappa shape index (κ2) is 9.24. The average molecular weight is 495 g/mol. The summed E-state index contributed by atoms with van der Waals surface area (Å²) < 4.78 is 14.1. The number of fused-ring (bicyclic) bond motifs is 3. The second-order valence-electron chi connectivity index (χ2n) is 7.24. The number of hydrogen-bond acceptors (Lipinski definition) is 7. The van der Waals surface area contributed by atoms with Crippen LogP contribution in [0.2, 0.25) is 5.02 Å². The van der Waals surface area contributed by atoms with Gasteiger partial charge in [-0.3, -0.25) is 9.20 Å². The summed E-state index contributed by atoms with van der Waals surface area (Å²) in [6, 6.07) is 14.7. The van der Waals surface area contributed by atoms with Crippen molar-refractivity contribution in [3.05, 3.63) is 65.9 Å². The van der Waals surface area contributed by atoms with Gasteiger partial charge < -0.3 is 14.8 Å². The molecule has 0 bridgehead atoms. The smallest absolute Gasteiger partial charge is 0.234 e. The number of nitrogens with one attached hydrogen (secondary N) is 1. The van der Waals surface area contributed by atoms with Gasteiger partial charge in [-0.1, -0.05) is 35.5 Å². The Hall–Kier alpha value is -3.76. The van der Waals surface area contributed by atoms with Crippen LogP contribution in [0.5, 0.6) is 11.5 Å². The molecule has 0 atom stereocenters. The van der Waals surface area contributed by atoms with Crippen molar-refractivity contribution in [2.24, 2.45) is 0 Å². The summed E-state index contributed by atoms with van der Waals surface area (Å²) in [7, 11) is 3.11. The highest BCUT2D eigenvalue weighted by molar-refractivity contribution is 7.99. The Morgan fingerprint density at radius 1 is 1.06 bits per heavy atom. The Labute approximate surface area is 203 Å². The first-order chi connectivity index (χ1) is 16.6. The molecule has 0 saturated carbocycles. The van der Waals surface area contributed by atoms with Crippen molar-refractivity contribution >= 4 is 46.1 Å². The van der Waals surface area contributed by atoms with E-state index < -0.39 is 0 Å². The highest BCUT2D eigenvalue weighted by Gasteiger charge is 2.15. The molecule has 2 aromatic carbocycles. The molecule has 1 amide bonds. The van der Waals surface area contributed by atoms with Gasteiger partial charge in [0.05, 0.1) is 31.4 Å². The molecule has 9 nitrogen and oxygen atoms in total. The minimum Gasteiger partial charge on any atom is -0.497 e. The lowest BCUT2D eigenvalue weighted by molar-refractivity contribution is -0.113. The molecule has 0 saturated heterocycles. The summed E-state index contributed by atoms with van der Waals surface area (Å²) in [6.45, 7) is 0. The van der Waals surface area contributed by atoms with Crippen LogP contribution >= 0.6 is 23.4 Å². The number of carbonyl (C=O) groups is 1. The first-order valence-corrected chi connectivity index (χ1v) is 11.6. The number of anilines is 1. The number of benzene rings is 2. The molecule has 0 aliphatic rings. The third-order valence-corrected chi connectivity index (χ3v) is 6.33. The van der Waals surface area contributed by atoms with Crippen LogP contribution in [0.15, 0.2) is 66.1 Å². The largest absolute Gasteiger partial charge is 0.497 e. The lowest BCUT2D eigenvalue weighted by Gasteiger charge is -2.11. The van der Waals surface area contributed by atoms with E-state index in [1.807, 2.05) is 47.1 Å². The van der Waals surface area contributed by atoms with Gasteiger partial charge >= 0.3 is 0 Å². The molecule has 0 aliphatic carbocycles. The third kappa shape index (κ3) is 4.25. The molecular weight excluding hydrogens is 476 g/mol. The number of rotatable bonds is 7. The fraction of sp³-hybridized carbons (Fsp3) is 0.130. The van der Waals surface area contributed by atoms with Gasteiger partial charge in [-0.2, -0.15) is 5.10 Å². The fourth-order valence-corrected chi connectivity index (χ4v) is 4.32. The monoisotopic (exact) mass is 494 g/mol. The van der Waals surface area contributed by atoms with Crippen LogP contribution in [0.25, 0.3) is 22.4 Å². The molecule has 3 heterocycles. The number of aromatic nitrogens is 5. The van der Waals surface area contributed by atoms with Crippen LogP contribution in [0, 0.1) is 0 Å². The number of ether oxygens (including phenoxy) is 2. The average Bonchev–Trinajstić information content (AvgIpc) is 3.47. The Balaban J connectivity index is 1.35. The van der Waals surface area contributed by atoms with Gasteiger partial charge in [0.1, 0.15) is 17.0 Å². The van der Waals surface area contributed by atoms with Crippen molar-refractivity contribution < 1.29 is 14.3 Å². The van der Waals surface area contributed by atoms with E-state index in [-0.39, 0.29) is 11.7 Å². The number of methoxy groups -OCH3 is 2. The van der Waals surface area contributed by atoms with Crippen molar-refractivity contribution in [2.75, 3.05) is 25.3 Å². The molecule has 3 aromatic heterocycles. The maximum Gasteiger partial charge on any atom is 0.234 e. The van der Waals surface area contributed by atoms with E-state index in [9.17, 15) is 4.79 Å². The van der Waals surface area contributed by atoms with Crippen molar-refractivity contribution in [2.45, 2.75) is 5.16 Å². The molecule has 1 N–H and O–H groups in total. The topological polar surface area (TPSA) is 95.0 Å². The molecule has 172 valence electrons. The molecule has 0 aliphatic heterocycles. The summed E-state index contributed by atoms with van der Waals surface area (Å²) in [6.07, 6.45) is 3.66. The van der Waals surface area contributed by atoms with Crippen LogP contribution in [0.3, 0.4) is 0 Å². The molecule has 5 rings (SSSR count). The van der Waals surface area contributed by atoms with Gasteiger partial charge in [-0.05, 0) is 30.3 Å². The van der Waals surface area contributed by atoms with Gasteiger partial charge in [0.15, 0.2) is 10.8 Å². The normalized spacial score (nSPS) is 11.1. The van der Waals surface area contributed by atoms with Crippen LogP contribution in [0.1, 0.15) is 0 Å². The Morgan fingerprint density at radius 2 is 1.88 bits per heavy atom. The summed E-state index contributed by atoms with van der Waals surface area (Å²) in [5, 5.41) is 17.3. The Morgan fingerprint density at radius 3 is 2.65 bits per heavy atom. The molecule has 0 radical (unpaired) electrons. The van der Waals surface area contributed by atoms with E-state index in [1.165, 1.54) is 11.8 Å². The maximum atomic E-state index is 12.6. The zero-order valence-electron chi connectivity index (χ0n) is 18.2. The van der Waals surface area contributed by atoms with E-state index in [0.717, 1.165) is 16.8 Å². The number of amides is 1. The predicted molar refractivity (Wildman–Crippen MR) is 131 cm³/mol. The van der Waals surface area contributed by atoms with Gasteiger partial charge in [0, 0.05) is 29.0 Å². The van der Waals surface area contributed by atoms with Crippen molar-refractivity contribution in [1.82, 2.24) is 24.2 Å². The number of thioether (sulfide) groups is 1. The van der Waals surface area contributed by atoms with Gasteiger partial charge in [0.2, 0.25) is 5.91 Å². The minimum atomic E-state index is -0.205.